The second-order valence-electron chi connectivity index (χ2n) is 3.12. The molecule has 2 atom stereocenters. The third kappa shape index (κ3) is 6.32. The second-order valence-corrected chi connectivity index (χ2v) is 3.12. The van der Waals surface area contributed by atoms with Gasteiger partial charge in [0.2, 0.25) is 0 Å². The van der Waals surface area contributed by atoms with Crippen molar-refractivity contribution in [2.45, 2.75) is 58.2 Å². The highest BCUT2D eigenvalue weighted by Gasteiger charge is 2.09. The monoisotopic (exact) mass is 160 g/mol. The number of hydrogen-bond donors (Lipinski definition) is 2. The maximum atomic E-state index is 9.29. The molecule has 0 aromatic carbocycles. The van der Waals surface area contributed by atoms with Gasteiger partial charge in [-0.15, -0.1) is 0 Å². The molecule has 2 nitrogen and oxygen atoms in total. The highest BCUT2D eigenvalue weighted by molar-refractivity contribution is 4.62. The van der Waals surface area contributed by atoms with Crippen LogP contribution in [0.4, 0.5) is 0 Å². The average Bonchev–Trinajstić information content (AvgIpc) is 1.87. The predicted molar refractivity (Wildman–Crippen MR) is 46.4 cm³/mol. The summed E-state index contributed by atoms with van der Waals surface area (Å²) in [5.74, 6) is 0. The van der Waals surface area contributed by atoms with Crippen molar-refractivity contribution < 1.29 is 10.2 Å². The van der Waals surface area contributed by atoms with Gasteiger partial charge in [-0.1, -0.05) is 26.7 Å². The van der Waals surface area contributed by atoms with Crippen molar-refractivity contribution in [2.75, 3.05) is 0 Å². The van der Waals surface area contributed by atoms with E-state index >= 15 is 0 Å². The molecule has 0 radical (unpaired) electrons. The van der Waals surface area contributed by atoms with Gasteiger partial charge in [0, 0.05) is 0 Å². The van der Waals surface area contributed by atoms with E-state index < -0.39 is 0 Å². The molecule has 0 amide bonds. The molecule has 68 valence electrons. The standard InChI is InChI=1S/C9H20O2/c1-3-5-8(10)7-9(11)6-4-2/h8-11H,3-7H2,1-2H3/t8-,9+. The maximum absolute atomic E-state index is 9.29. The minimum absolute atomic E-state index is 0.304. The molecule has 0 aromatic rings. The van der Waals surface area contributed by atoms with Crippen LogP contribution in [0.3, 0.4) is 0 Å². The van der Waals surface area contributed by atoms with Gasteiger partial charge in [-0.3, -0.25) is 0 Å². The van der Waals surface area contributed by atoms with Crippen LogP contribution in [0.1, 0.15) is 46.0 Å². The fraction of sp³-hybridized carbons (Fsp3) is 1.00. The van der Waals surface area contributed by atoms with Crippen LogP contribution in [0.2, 0.25) is 0 Å². The van der Waals surface area contributed by atoms with Crippen LogP contribution < -0.4 is 0 Å². The quantitative estimate of drug-likeness (QED) is 0.621. The Morgan fingerprint density at radius 3 is 1.55 bits per heavy atom. The molecule has 0 fully saturated rings. The van der Waals surface area contributed by atoms with Crippen LogP contribution in [-0.2, 0) is 0 Å². The first-order chi connectivity index (χ1) is 5.20. The molecule has 0 spiro atoms. The molecule has 0 aliphatic carbocycles. The Labute approximate surface area is 69.2 Å². The molecule has 2 heteroatoms. The highest BCUT2D eigenvalue weighted by atomic mass is 16.3. The van der Waals surface area contributed by atoms with Gasteiger partial charge in [0.1, 0.15) is 0 Å². The van der Waals surface area contributed by atoms with Gasteiger partial charge < -0.3 is 10.2 Å². The molecule has 0 rings (SSSR count). The van der Waals surface area contributed by atoms with E-state index in [-0.39, 0.29) is 12.2 Å². The van der Waals surface area contributed by atoms with Crippen LogP contribution in [0.25, 0.3) is 0 Å². The molecule has 0 aromatic heterocycles. The van der Waals surface area contributed by atoms with Gasteiger partial charge in [-0.2, -0.15) is 0 Å². The van der Waals surface area contributed by atoms with Crippen LogP contribution in [0, 0.1) is 0 Å². The summed E-state index contributed by atoms with van der Waals surface area (Å²) in [6.45, 7) is 4.07. The minimum atomic E-state index is -0.304. The Morgan fingerprint density at radius 2 is 1.27 bits per heavy atom. The Bertz CT molecular complexity index is 73.6. The molecule has 0 aliphatic rings. The van der Waals surface area contributed by atoms with Crippen LogP contribution in [-0.4, -0.2) is 22.4 Å². The fourth-order valence-electron chi connectivity index (χ4n) is 1.22. The van der Waals surface area contributed by atoms with Gasteiger partial charge >= 0.3 is 0 Å². The van der Waals surface area contributed by atoms with Crippen molar-refractivity contribution in [1.82, 2.24) is 0 Å². The lowest BCUT2D eigenvalue weighted by molar-refractivity contribution is 0.0703. The van der Waals surface area contributed by atoms with E-state index in [1.54, 1.807) is 0 Å². The zero-order valence-corrected chi connectivity index (χ0v) is 7.58. The molecular weight excluding hydrogens is 140 g/mol. The molecule has 2 N–H and O–H groups in total. The lowest BCUT2D eigenvalue weighted by Gasteiger charge is -2.13. The van der Waals surface area contributed by atoms with E-state index in [9.17, 15) is 10.2 Å². The molecule has 0 heterocycles. The first-order valence-electron chi connectivity index (χ1n) is 4.56. The van der Waals surface area contributed by atoms with Crippen molar-refractivity contribution in [3.8, 4) is 0 Å². The van der Waals surface area contributed by atoms with E-state index in [0.29, 0.717) is 6.42 Å². The first-order valence-corrected chi connectivity index (χ1v) is 4.56. The van der Waals surface area contributed by atoms with Crippen molar-refractivity contribution in [2.24, 2.45) is 0 Å². The SMILES string of the molecule is CCC[C@@H](O)C[C@@H](O)CCC. The number of aliphatic hydroxyl groups excluding tert-OH is 2. The van der Waals surface area contributed by atoms with Crippen molar-refractivity contribution in [3.63, 3.8) is 0 Å². The Hall–Kier alpha value is -0.0800. The number of hydrogen-bond acceptors (Lipinski definition) is 2. The molecule has 0 saturated carbocycles. The summed E-state index contributed by atoms with van der Waals surface area (Å²) in [5, 5.41) is 18.6. The largest absolute Gasteiger partial charge is 0.393 e. The second kappa shape index (κ2) is 6.62. The normalized spacial score (nSPS) is 16.4. The Kier molecular flexibility index (Phi) is 6.57. The van der Waals surface area contributed by atoms with E-state index in [0.717, 1.165) is 25.7 Å². The fourth-order valence-corrected chi connectivity index (χ4v) is 1.22. The zero-order valence-electron chi connectivity index (χ0n) is 7.58. The highest BCUT2D eigenvalue weighted by Crippen LogP contribution is 2.08. The minimum Gasteiger partial charge on any atom is -0.393 e. The Balaban J connectivity index is 3.32. The van der Waals surface area contributed by atoms with Gasteiger partial charge in [0.15, 0.2) is 0 Å². The van der Waals surface area contributed by atoms with Crippen molar-refractivity contribution in [3.05, 3.63) is 0 Å². The van der Waals surface area contributed by atoms with Crippen molar-refractivity contribution in [1.29, 1.82) is 0 Å². The predicted octanol–water partition coefficient (Wildman–Crippen LogP) is 1.70. The lowest BCUT2D eigenvalue weighted by atomic mass is 10.0. The van der Waals surface area contributed by atoms with Gasteiger partial charge in [-0.05, 0) is 19.3 Å². The average molecular weight is 160 g/mol. The van der Waals surface area contributed by atoms with Crippen LogP contribution in [0.5, 0.6) is 0 Å². The van der Waals surface area contributed by atoms with Crippen LogP contribution >= 0.6 is 0 Å². The summed E-state index contributed by atoms with van der Waals surface area (Å²) in [4.78, 5) is 0. The maximum Gasteiger partial charge on any atom is 0.0564 e. The third-order valence-electron chi connectivity index (χ3n) is 1.79. The first kappa shape index (κ1) is 10.9. The summed E-state index contributed by atoms with van der Waals surface area (Å²) < 4.78 is 0. The summed E-state index contributed by atoms with van der Waals surface area (Å²) in [6, 6.07) is 0. The number of rotatable bonds is 6. The van der Waals surface area contributed by atoms with Crippen molar-refractivity contribution >= 4 is 0 Å². The molecule has 0 saturated heterocycles. The number of aliphatic hydroxyl groups is 2. The molecular formula is C9H20O2. The smallest absolute Gasteiger partial charge is 0.0564 e. The molecule has 0 aliphatic heterocycles. The summed E-state index contributed by atoms with van der Waals surface area (Å²) in [7, 11) is 0. The van der Waals surface area contributed by atoms with Gasteiger partial charge in [-0.25, -0.2) is 0 Å². The molecule has 0 unspecified atom stereocenters. The summed E-state index contributed by atoms with van der Waals surface area (Å²) in [6.07, 6.45) is 3.52. The van der Waals surface area contributed by atoms with Gasteiger partial charge in [0.25, 0.3) is 0 Å². The third-order valence-corrected chi connectivity index (χ3v) is 1.79. The summed E-state index contributed by atoms with van der Waals surface area (Å²) in [5.41, 5.74) is 0. The molecule has 0 bridgehead atoms. The van der Waals surface area contributed by atoms with E-state index in [2.05, 4.69) is 0 Å². The van der Waals surface area contributed by atoms with E-state index in [4.69, 9.17) is 0 Å². The summed E-state index contributed by atoms with van der Waals surface area (Å²) >= 11 is 0. The molecule has 11 heavy (non-hydrogen) atoms. The Morgan fingerprint density at radius 1 is 0.909 bits per heavy atom. The topological polar surface area (TPSA) is 40.5 Å². The van der Waals surface area contributed by atoms with E-state index in [1.165, 1.54) is 0 Å². The van der Waals surface area contributed by atoms with Crippen LogP contribution in [0.15, 0.2) is 0 Å². The van der Waals surface area contributed by atoms with Gasteiger partial charge in [0.05, 0.1) is 12.2 Å². The van der Waals surface area contributed by atoms with E-state index in [1.807, 2.05) is 13.8 Å². The lowest BCUT2D eigenvalue weighted by Crippen LogP contribution is -2.16. The zero-order chi connectivity index (χ0) is 8.69.